The van der Waals surface area contributed by atoms with Crippen molar-refractivity contribution in [1.29, 1.82) is 0 Å². The van der Waals surface area contributed by atoms with E-state index in [4.69, 9.17) is 5.11 Å². The van der Waals surface area contributed by atoms with E-state index in [0.717, 1.165) is 17.2 Å². The predicted octanol–water partition coefficient (Wildman–Crippen LogP) is 2.16. The molecule has 0 saturated carbocycles. The van der Waals surface area contributed by atoms with Gasteiger partial charge >= 0.3 is 12.0 Å². The van der Waals surface area contributed by atoms with Gasteiger partial charge in [0.15, 0.2) is 0 Å². The molecule has 1 unspecified atom stereocenters. The number of urea groups is 1. The third-order valence-corrected chi connectivity index (χ3v) is 2.51. The second-order valence-electron chi connectivity index (χ2n) is 4.07. The Labute approximate surface area is 112 Å². The van der Waals surface area contributed by atoms with Gasteiger partial charge in [-0.05, 0) is 37.1 Å². The monoisotopic (exact) mass is 262 g/mol. The van der Waals surface area contributed by atoms with E-state index in [1.54, 1.807) is 0 Å². The summed E-state index contributed by atoms with van der Waals surface area (Å²) in [5.74, 6) is -0.987. The Balaban J connectivity index is 2.75. The maximum absolute atomic E-state index is 11.4. The second kappa shape index (κ2) is 7.20. The number of hydrogen-bond acceptors (Lipinski definition) is 2. The van der Waals surface area contributed by atoms with Gasteiger partial charge in [0.2, 0.25) is 0 Å². The number of hydrogen-bond donors (Lipinski definition) is 3. The molecule has 0 bridgehead atoms. The highest BCUT2D eigenvalue weighted by Crippen LogP contribution is 2.15. The molecule has 19 heavy (non-hydrogen) atoms. The van der Waals surface area contributed by atoms with E-state index in [1.165, 1.54) is 6.08 Å². The molecule has 0 aliphatic rings. The van der Waals surface area contributed by atoms with E-state index < -0.39 is 5.97 Å². The lowest BCUT2D eigenvalue weighted by Gasteiger charge is -2.15. The smallest absolute Gasteiger partial charge is 0.328 e. The van der Waals surface area contributed by atoms with Crippen LogP contribution in [-0.4, -0.2) is 23.7 Å². The molecule has 0 fully saturated rings. The molecule has 0 aliphatic heterocycles. The fourth-order valence-electron chi connectivity index (χ4n) is 1.59. The third kappa shape index (κ3) is 5.25. The summed E-state index contributed by atoms with van der Waals surface area (Å²) in [5.41, 5.74) is 1.70. The molecule has 5 heteroatoms. The Morgan fingerprint density at radius 3 is 2.79 bits per heavy atom. The van der Waals surface area contributed by atoms with Crippen molar-refractivity contribution in [2.45, 2.75) is 19.9 Å². The normalized spacial score (nSPS) is 12.1. The summed E-state index contributed by atoms with van der Waals surface area (Å²) in [4.78, 5) is 21.9. The van der Waals surface area contributed by atoms with Crippen LogP contribution in [-0.2, 0) is 4.79 Å². The molecule has 102 valence electrons. The summed E-state index contributed by atoms with van der Waals surface area (Å²) in [6.07, 6.45) is 2.60. The molecule has 1 aromatic rings. The Morgan fingerprint density at radius 1 is 1.42 bits per heavy atom. The summed E-state index contributed by atoms with van der Waals surface area (Å²) >= 11 is 0. The molecule has 5 nitrogen and oxygen atoms in total. The molecule has 0 saturated heterocycles. The van der Waals surface area contributed by atoms with Gasteiger partial charge in [-0.2, -0.15) is 0 Å². The van der Waals surface area contributed by atoms with E-state index in [2.05, 4.69) is 10.6 Å². The molecular weight excluding hydrogens is 244 g/mol. The molecule has 0 radical (unpaired) electrons. The topological polar surface area (TPSA) is 78.4 Å². The summed E-state index contributed by atoms with van der Waals surface area (Å²) in [6.45, 7) is 4.29. The van der Waals surface area contributed by atoms with E-state index in [1.807, 2.05) is 38.1 Å². The van der Waals surface area contributed by atoms with Gasteiger partial charge in [0, 0.05) is 12.6 Å². The van der Waals surface area contributed by atoms with Crippen LogP contribution in [0.25, 0.3) is 6.08 Å². The number of carbonyl (C=O) groups excluding carboxylic acids is 1. The molecule has 0 spiro atoms. The van der Waals surface area contributed by atoms with Crippen molar-refractivity contribution in [3.63, 3.8) is 0 Å². The first-order valence-corrected chi connectivity index (χ1v) is 6.08. The maximum Gasteiger partial charge on any atom is 0.328 e. The number of nitrogens with one attached hydrogen (secondary N) is 2. The highest BCUT2D eigenvalue weighted by atomic mass is 16.4. The lowest BCUT2D eigenvalue weighted by atomic mass is 10.0. The quantitative estimate of drug-likeness (QED) is 0.711. The number of carboxylic acid groups (broad SMARTS) is 1. The molecule has 0 aromatic heterocycles. The second-order valence-corrected chi connectivity index (χ2v) is 4.07. The summed E-state index contributed by atoms with van der Waals surface area (Å²) in [5, 5.41) is 14.0. The van der Waals surface area contributed by atoms with Crippen molar-refractivity contribution in [1.82, 2.24) is 10.6 Å². The van der Waals surface area contributed by atoms with Crippen LogP contribution in [0.1, 0.15) is 31.0 Å². The fraction of sp³-hybridized carbons (Fsp3) is 0.286. The molecule has 3 N–H and O–H groups in total. The van der Waals surface area contributed by atoms with E-state index in [0.29, 0.717) is 6.54 Å². The Morgan fingerprint density at radius 2 is 2.16 bits per heavy atom. The van der Waals surface area contributed by atoms with Gasteiger partial charge in [-0.3, -0.25) is 0 Å². The Hall–Kier alpha value is -2.30. The zero-order valence-corrected chi connectivity index (χ0v) is 11.0. The number of carbonyl (C=O) groups is 2. The third-order valence-electron chi connectivity index (χ3n) is 2.51. The largest absolute Gasteiger partial charge is 0.478 e. The molecule has 1 rings (SSSR count). The predicted molar refractivity (Wildman–Crippen MR) is 73.7 cm³/mol. The van der Waals surface area contributed by atoms with E-state index >= 15 is 0 Å². The van der Waals surface area contributed by atoms with Crippen LogP contribution >= 0.6 is 0 Å². The lowest BCUT2D eigenvalue weighted by molar-refractivity contribution is -0.131. The van der Waals surface area contributed by atoms with E-state index in [9.17, 15) is 9.59 Å². The highest BCUT2D eigenvalue weighted by Gasteiger charge is 2.08. The highest BCUT2D eigenvalue weighted by molar-refractivity contribution is 5.85. The van der Waals surface area contributed by atoms with Gasteiger partial charge in [0.1, 0.15) is 0 Å². The molecule has 1 aromatic carbocycles. The van der Waals surface area contributed by atoms with Crippen LogP contribution in [0.3, 0.4) is 0 Å². The summed E-state index contributed by atoms with van der Waals surface area (Å²) in [6, 6.07) is 6.99. The number of carboxylic acids is 1. The zero-order valence-electron chi connectivity index (χ0n) is 11.0. The average molecular weight is 262 g/mol. The van der Waals surface area contributed by atoms with Gasteiger partial charge in [-0.15, -0.1) is 0 Å². The SMILES string of the molecule is CCNC(=O)NC(C)c1cccc(C=CC(=O)O)c1. The fourth-order valence-corrected chi connectivity index (χ4v) is 1.59. The van der Waals surface area contributed by atoms with Crippen molar-refractivity contribution in [3.05, 3.63) is 41.5 Å². The van der Waals surface area contributed by atoms with Gasteiger partial charge in [0.25, 0.3) is 0 Å². The van der Waals surface area contributed by atoms with Crippen molar-refractivity contribution >= 4 is 18.1 Å². The lowest BCUT2D eigenvalue weighted by Crippen LogP contribution is -2.36. The Kier molecular flexibility index (Phi) is 5.60. The molecule has 0 heterocycles. The Bertz CT molecular complexity index is 483. The van der Waals surface area contributed by atoms with Crippen LogP contribution in [0.5, 0.6) is 0 Å². The summed E-state index contributed by atoms with van der Waals surface area (Å²) < 4.78 is 0. The minimum Gasteiger partial charge on any atom is -0.478 e. The molecule has 1 atom stereocenters. The number of amides is 2. The van der Waals surface area contributed by atoms with Crippen LogP contribution in [0.4, 0.5) is 4.79 Å². The van der Waals surface area contributed by atoms with Crippen molar-refractivity contribution in [2.75, 3.05) is 6.54 Å². The first-order valence-electron chi connectivity index (χ1n) is 6.08. The first-order chi connectivity index (χ1) is 9.02. The van der Waals surface area contributed by atoms with Crippen LogP contribution < -0.4 is 10.6 Å². The van der Waals surface area contributed by atoms with Crippen LogP contribution in [0.2, 0.25) is 0 Å². The zero-order chi connectivity index (χ0) is 14.3. The van der Waals surface area contributed by atoms with Crippen LogP contribution in [0.15, 0.2) is 30.3 Å². The molecule has 2 amide bonds. The van der Waals surface area contributed by atoms with Crippen molar-refractivity contribution in [2.24, 2.45) is 0 Å². The number of rotatable bonds is 5. The molecular formula is C14H18N2O3. The van der Waals surface area contributed by atoms with Gasteiger partial charge in [0.05, 0.1) is 6.04 Å². The number of benzene rings is 1. The van der Waals surface area contributed by atoms with Gasteiger partial charge in [-0.25, -0.2) is 9.59 Å². The first kappa shape index (κ1) is 14.8. The van der Waals surface area contributed by atoms with E-state index in [-0.39, 0.29) is 12.1 Å². The van der Waals surface area contributed by atoms with Crippen LogP contribution in [0, 0.1) is 0 Å². The summed E-state index contributed by atoms with van der Waals surface area (Å²) in [7, 11) is 0. The number of aliphatic carboxylic acids is 1. The minimum absolute atomic E-state index is 0.148. The average Bonchev–Trinajstić information content (AvgIpc) is 2.37. The maximum atomic E-state index is 11.4. The standard InChI is InChI=1S/C14H18N2O3/c1-3-15-14(19)16-10(2)12-6-4-5-11(9-12)7-8-13(17)18/h4-10H,3H2,1-2H3,(H,17,18)(H2,15,16,19). The van der Waals surface area contributed by atoms with Crippen molar-refractivity contribution in [3.8, 4) is 0 Å². The minimum atomic E-state index is -0.987. The van der Waals surface area contributed by atoms with Gasteiger partial charge in [-0.1, -0.05) is 18.2 Å². The van der Waals surface area contributed by atoms with Gasteiger partial charge < -0.3 is 15.7 Å². The molecule has 0 aliphatic carbocycles. The van der Waals surface area contributed by atoms with Crippen molar-refractivity contribution < 1.29 is 14.7 Å².